The minimum absolute atomic E-state index is 0.0324. The molecule has 0 spiro atoms. The molecular weight excluding hydrogens is 394 g/mol. The van der Waals surface area contributed by atoms with Crippen molar-refractivity contribution in [3.05, 3.63) is 63.1 Å². The Balaban J connectivity index is 2.12. The number of rotatable bonds is 9. The van der Waals surface area contributed by atoms with Crippen molar-refractivity contribution in [2.75, 3.05) is 0 Å². The fraction of sp³-hybridized carbons (Fsp3) is 0.478. The highest BCUT2D eigenvalue weighted by Gasteiger charge is 2.20. The van der Waals surface area contributed by atoms with E-state index in [1.165, 1.54) is 4.57 Å². The molecule has 3 rings (SSSR count). The van der Waals surface area contributed by atoms with E-state index in [2.05, 4.69) is 24.1 Å². The van der Waals surface area contributed by atoms with Gasteiger partial charge in [-0.05, 0) is 31.2 Å². The van der Waals surface area contributed by atoms with Crippen molar-refractivity contribution in [1.82, 2.24) is 24.0 Å². The molecule has 1 N–H and O–H groups in total. The fourth-order valence-electron chi connectivity index (χ4n) is 3.42. The molecule has 1 unspecified atom stereocenters. The van der Waals surface area contributed by atoms with Gasteiger partial charge < -0.3 is 9.88 Å². The van der Waals surface area contributed by atoms with Crippen LogP contribution in [0, 0.1) is 5.92 Å². The maximum Gasteiger partial charge on any atom is 0.333 e. The number of amides is 1. The molecule has 1 atom stereocenters. The number of hydrogen-bond donors (Lipinski definition) is 1. The zero-order valence-electron chi connectivity index (χ0n) is 18.7. The molecule has 166 valence electrons. The van der Waals surface area contributed by atoms with E-state index >= 15 is 0 Å². The van der Waals surface area contributed by atoms with Gasteiger partial charge in [0.1, 0.15) is 6.54 Å². The average Bonchev–Trinajstić information content (AvgIpc) is 3.17. The summed E-state index contributed by atoms with van der Waals surface area (Å²) in [5.74, 6) is 0.101. The SMILES string of the molecule is CCC(C)NC(=O)Cn1c(=O)c2c(ncn2CCC(C)C)n(Cc2ccccc2)c1=O. The predicted molar refractivity (Wildman–Crippen MR) is 121 cm³/mol. The van der Waals surface area contributed by atoms with Gasteiger partial charge in [0.25, 0.3) is 5.56 Å². The summed E-state index contributed by atoms with van der Waals surface area (Å²) in [6.45, 7) is 8.64. The van der Waals surface area contributed by atoms with Crippen LogP contribution in [0.25, 0.3) is 11.2 Å². The van der Waals surface area contributed by atoms with E-state index in [1.807, 2.05) is 44.2 Å². The van der Waals surface area contributed by atoms with Crippen molar-refractivity contribution >= 4 is 17.1 Å². The number of carbonyl (C=O) groups is 1. The standard InChI is InChI=1S/C23H31N5O3/c1-5-17(4)25-19(29)14-28-22(30)20-21(24-15-26(20)12-11-16(2)3)27(23(28)31)13-18-9-7-6-8-10-18/h6-10,15-17H,5,11-14H2,1-4H3,(H,25,29). The van der Waals surface area contributed by atoms with E-state index in [0.29, 0.717) is 23.6 Å². The second kappa shape index (κ2) is 9.76. The molecule has 0 aliphatic heterocycles. The van der Waals surface area contributed by atoms with Crippen LogP contribution in [-0.2, 0) is 24.4 Å². The fourth-order valence-corrected chi connectivity index (χ4v) is 3.42. The third-order valence-electron chi connectivity index (χ3n) is 5.44. The number of fused-ring (bicyclic) bond motifs is 1. The maximum absolute atomic E-state index is 13.3. The Kier molecular flexibility index (Phi) is 7.09. The van der Waals surface area contributed by atoms with E-state index in [9.17, 15) is 14.4 Å². The van der Waals surface area contributed by atoms with Gasteiger partial charge >= 0.3 is 5.69 Å². The maximum atomic E-state index is 13.3. The van der Waals surface area contributed by atoms with E-state index in [-0.39, 0.29) is 25.0 Å². The Labute approximate surface area is 181 Å². The Bertz CT molecular complexity index is 1160. The third-order valence-corrected chi connectivity index (χ3v) is 5.44. The number of aromatic nitrogens is 4. The first-order valence-electron chi connectivity index (χ1n) is 10.8. The van der Waals surface area contributed by atoms with Crippen molar-refractivity contribution in [3.63, 3.8) is 0 Å². The Hall–Kier alpha value is -3.16. The second-order valence-electron chi connectivity index (χ2n) is 8.42. The first-order chi connectivity index (χ1) is 14.8. The molecule has 0 fully saturated rings. The Morgan fingerprint density at radius 1 is 1.10 bits per heavy atom. The molecule has 1 aromatic carbocycles. The number of carbonyl (C=O) groups excluding carboxylic acids is 1. The van der Waals surface area contributed by atoms with Crippen LogP contribution >= 0.6 is 0 Å². The highest BCUT2D eigenvalue weighted by Crippen LogP contribution is 2.12. The third kappa shape index (κ3) is 5.13. The molecule has 0 saturated heterocycles. The minimum Gasteiger partial charge on any atom is -0.352 e. The Morgan fingerprint density at radius 3 is 2.45 bits per heavy atom. The molecular formula is C23H31N5O3. The zero-order chi connectivity index (χ0) is 22.5. The number of aryl methyl sites for hydroxylation is 1. The lowest BCUT2D eigenvalue weighted by Crippen LogP contribution is -2.45. The molecule has 0 aliphatic rings. The van der Waals surface area contributed by atoms with E-state index in [0.717, 1.165) is 23.0 Å². The summed E-state index contributed by atoms with van der Waals surface area (Å²) in [4.78, 5) is 43.4. The molecule has 31 heavy (non-hydrogen) atoms. The highest BCUT2D eigenvalue weighted by atomic mass is 16.2. The van der Waals surface area contributed by atoms with Gasteiger partial charge in [-0.3, -0.25) is 14.2 Å². The summed E-state index contributed by atoms with van der Waals surface area (Å²) >= 11 is 0. The minimum atomic E-state index is -0.533. The Morgan fingerprint density at radius 2 is 1.81 bits per heavy atom. The van der Waals surface area contributed by atoms with E-state index < -0.39 is 11.2 Å². The van der Waals surface area contributed by atoms with Crippen LogP contribution < -0.4 is 16.6 Å². The molecule has 0 aliphatic carbocycles. The number of imidazole rings is 1. The normalized spacial score (nSPS) is 12.4. The number of benzene rings is 1. The largest absolute Gasteiger partial charge is 0.352 e. The van der Waals surface area contributed by atoms with Crippen LogP contribution in [0.15, 0.2) is 46.2 Å². The lowest BCUT2D eigenvalue weighted by molar-refractivity contribution is -0.122. The molecule has 8 heteroatoms. The van der Waals surface area contributed by atoms with Gasteiger partial charge in [0.2, 0.25) is 5.91 Å². The van der Waals surface area contributed by atoms with Crippen LogP contribution in [0.5, 0.6) is 0 Å². The van der Waals surface area contributed by atoms with Gasteiger partial charge in [-0.25, -0.2) is 14.3 Å². The van der Waals surface area contributed by atoms with Crippen LogP contribution in [0.1, 0.15) is 46.1 Å². The summed E-state index contributed by atoms with van der Waals surface area (Å²) in [6.07, 6.45) is 3.25. The highest BCUT2D eigenvalue weighted by molar-refractivity contribution is 5.77. The van der Waals surface area contributed by atoms with E-state index in [4.69, 9.17) is 0 Å². The van der Waals surface area contributed by atoms with Gasteiger partial charge in [0.15, 0.2) is 11.2 Å². The van der Waals surface area contributed by atoms with Gasteiger partial charge in [-0.2, -0.15) is 0 Å². The number of nitrogens with one attached hydrogen (secondary N) is 1. The topological polar surface area (TPSA) is 90.9 Å². The van der Waals surface area contributed by atoms with Crippen LogP contribution in [0.2, 0.25) is 0 Å². The monoisotopic (exact) mass is 425 g/mol. The molecule has 8 nitrogen and oxygen atoms in total. The summed E-state index contributed by atoms with van der Waals surface area (Å²) in [5, 5.41) is 2.83. The van der Waals surface area contributed by atoms with Crippen LogP contribution in [0.4, 0.5) is 0 Å². The van der Waals surface area contributed by atoms with Gasteiger partial charge in [0.05, 0.1) is 12.9 Å². The molecule has 0 radical (unpaired) electrons. The molecule has 0 bridgehead atoms. The lowest BCUT2D eigenvalue weighted by Gasteiger charge is -2.15. The quantitative estimate of drug-likeness (QED) is 0.570. The predicted octanol–water partition coefficient (Wildman–Crippen LogP) is 2.37. The van der Waals surface area contributed by atoms with Crippen molar-refractivity contribution in [2.45, 2.75) is 66.2 Å². The van der Waals surface area contributed by atoms with Crippen molar-refractivity contribution in [2.24, 2.45) is 5.92 Å². The number of nitrogens with zero attached hydrogens (tertiary/aromatic N) is 4. The summed E-state index contributed by atoms with van der Waals surface area (Å²) in [7, 11) is 0. The van der Waals surface area contributed by atoms with Crippen LogP contribution in [-0.4, -0.2) is 30.6 Å². The van der Waals surface area contributed by atoms with Crippen molar-refractivity contribution < 1.29 is 4.79 Å². The van der Waals surface area contributed by atoms with E-state index in [1.54, 1.807) is 10.9 Å². The van der Waals surface area contributed by atoms with Crippen LogP contribution in [0.3, 0.4) is 0 Å². The smallest absolute Gasteiger partial charge is 0.333 e. The summed E-state index contributed by atoms with van der Waals surface area (Å²) in [5.41, 5.74) is 0.602. The van der Waals surface area contributed by atoms with Gasteiger partial charge in [0, 0.05) is 12.6 Å². The molecule has 1 amide bonds. The lowest BCUT2D eigenvalue weighted by atomic mass is 10.1. The summed E-state index contributed by atoms with van der Waals surface area (Å²) < 4.78 is 4.30. The molecule has 3 aromatic rings. The molecule has 2 heterocycles. The average molecular weight is 426 g/mol. The first-order valence-corrected chi connectivity index (χ1v) is 10.8. The molecule has 0 saturated carbocycles. The van der Waals surface area contributed by atoms with Gasteiger partial charge in [-0.1, -0.05) is 51.1 Å². The zero-order valence-corrected chi connectivity index (χ0v) is 18.7. The second-order valence-corrected chi connectivity index (χ2v) is 8.42. The summed E-state index contributed by atoms with van der Waals surface area (Å²) in [6, 6.07) is 9.50. The van der Waals surface area contributed by atoms with Crippen molar-refractivity contribution in [1.29, 1.82) is 0 Å². The number of hydrogen-bond acceptors (Lipinski definition) is 4. The van der Waals surface area contributed by atoms with Gasteiger partial charge in [-0.15, -0.1) is 0 Å². The first kappa shape index (κ1) is 22.5. The molecule has 2 aromatic heterocycles. The van der Waals surface area contributed by atoms with Crippen molar-refractivity contribution in [3.8, 4) is 0 Å².